The fourth-order valence-corrected chi connectivity index (χ4v) is 1.57. The van der Waals surface area contributed by atoms with Crippen LogP contribution in [0.5, 0.6) is 0 Å². The zero-order valence-electron chi connectivity index (χ0n) is 9.53. The number of carbonyl (C=O) groups excluding carboxylic acids is 1. The molecule has 1 aromatic rings. The van der Waals surface area contributed by atoms with Crippen LogP contribution in [-0.2, 0) is 9.53 Å². The number of hydrogen-bond donors (Lipinski definition) is 0. The van der Waals surface area contributed by atoms with Crippen molar-refractivity contribution in [3.8, 4) is 0 Å². The average Bonchev–Trinajstić information content (AvgIpc) is 2.28. The number of rotatable bonds is 3. The van der Waals surface area contributed by atoms with E-state index in [0.29, 0.717) is 0 Å². The first-order chi connectivity index (χ1) is 7.56. The zero-order valence-corrected chi connectivity index (χ0v) is 10.3. The fraction of sp³-hybridized carbons (Fsp3) is 0.250. The number of nitrogens with zero attached hydrogens (tertiary/aromatic N) is 1. The van der Waals surface area contributed by atoms with Crippen LogP contribution in [0, 0.1) is 6.92 Å². The quantitative estimate of drug-likeness (QED) is 0.600. The van der Waals surface area contributed by atoms with E-state index in [1.807, 2.05) is 38.2 Å². The van der Waals surface area contributed by atoms with Gasteiger partial charge in [0.1, 0.15) is 5.03 Å². The molecule has 0 aliphatic carbocycles. The number of anilines is 1. The number of halogens is 1. The van der Waals surface area contributed by atoms with Gasteiger partial charge in [-0.15, -0.1) is 0 Å². The van der Waals surface area contributed by atoms with Crippen molar-refractivity contribution >= 4 is 23.3 Å². The first kappa shape index (κ1) is 12.6. The molecule has 86 valence electrons. The Morgan fingerprint density at radius 2 is 2.06 bits per heavy atom. The van der Waals surface area contributed by atoms with E-state index in [4.69, 9.17) is 11.6 Å². The molecule has 0 spiro atoms. The molecule has 3 nitrogen and oxygen atoms in total. The van der Waals surface area contributed by atoms with Gasteiger partial charge in [0, 0.05) is 18.9 Å². The van der Waals surface area contributed by atoms with Crippen LogP contribution in [0.1, 0.15) is 5.56 Å². The predicted octanol–water partition coefficient (Wildman–Crippen LogP) is 2.68. The summed E-state index contributed by atoms with van der Waals surface area (Å²) < 4.78 is 4.51. The Bertz CT molecular complexity index is 415. The van der Waals surface area contributed by atoms with E-state index in [0.717, 1.165) is 11.3 Å². The van der Waals surface area contributed by atoms with Gasteiger partial charge in [-0.3, -0.25) is 0 Å². The molecule has 0 N–H and O–H groups in total. The molecule has 0 aliphatic rings. The molecule has 0 aliphatic heterocycles. The van der Waals surface area contributed by atoms with Crippen molar-refractivity contribution in [2.75, 3.05) is 19.1 Å². The lowest BCUT2D eigenvalue weighted by Gasteiger charge is -2.17. The fourth-order valence-electron chi connectivity index (χ4n) is 1.35. The van der Waals surface area contributed by atoms with Crippen LogP contribution in [0.25, 0.3) is 0 Å². The van der Waals surface area contributed by atoms with E-state index in [1.54, 1.807) is 4.90 Å². The van der Waals surface area contributed by atoms with Gasteiger partial charge < -0.3 is 9.64 Å². The summed E-state index contributed by atoms with van der Waals surface area (Å²) in [6.45, 7) is 1.99. The van der Waals surface area contributed by atoms with Crippen molar-refractivity contribution in [2.24, 2.45) is 0 Å². The Balaban J connectivity index is 2.92. The van der Waals surface area contributed by atoms with Gasteiger partial charge in [0.25, 0.3) is 0 Å². The molecule has 0 saturated carbocycles. The average molecular weight is 240 g/mol. The largest absolute Gasteiger partial charge is 0.465 e. The molecule has 4 heteroatoms. The van der Waals surface area contributed by atoms with E-state index in [2.05, 4.69) is 4.74 Å². The number of aryl methyl sites for hydroxylation is 1. The lowest BCUT2D eigenvalue weighted by molar-refractivity contribution is -0.135. The van der Waals surface area contributed by atoms with Crippen LogP contribution in [-0.4, -0.2) is 20.1 Å². The van der Waals surface area contributed by atoms with Crippen molar-refractivity contribution in [1.82, 2.24) is 0 Å². The Labute approximate surface area is 100 Å². The van der Waals surface area contributed by atoms with Crippen molar-refractivity contribution < 1.29 is 9.53 Å². The Morgan fingerprint density at radius 1 is 1.44 bits per heavy atom. The lowest BCUT2D eigenvalue weighted by Crippen LogP contribution is -2.12. The van der Waals surface area contributed by atoms with Gasteiger partial charge in [0.05, 0.1) is 7.11 Å². The Kier molecular flexibility index (Phi) is 4.38. The van der Waals surface area contributed by atoms with Gasteiger partial charge in [-0.25, -0.2) is 4.79 Å². The summed E-state index contributed by atoms with van der Waals surface area (Å²) >= 11 is 5.77. The van der Waals surface area contributed by atoms with Crippen LogP contribution in [0.2, 0.25) is 0 Å². The Morgan fingerprint density at radius 3 is 2.62 bits per heavy atom. The molecule has 1 aromatic carbocycles. The van der Waals surface area contributed by atoms with Crippen molar-refractivity contribution in [3.63, 3.8) is 0 Å². The highest BCUT2D eigenvalue weighted by atomic mass is 35.5. The van der Waals surface area contributed by atoms with Gasteiger partial charge >= 0.3 is 5.97 Å². The van der Waals surface area contributed by atoms with Crippen LogP contribution in [0.15, 0.2) is 35.5 Å². The molecule has 0 radical (unpaired) electrons. The second kappa shape index (κ2) is 5.56. The second-order valence-corrected chi connectivity index (χ2v) is 3.77. The highest BCUT2D eigenvalue weighted by molar-refractivity contribution is 6.41. The van der Waals surface area contributed by atoms with Crippen LogP contribution in [0.3, 0.4) is 0 Å². The standard InChI is InChI=1S/C12H14ClNO2/c1-9-6-4-5-7-11(9)14(2)8-10(13)12(15)16-3/h4-8H,1-3H3/b10-8-. The van der Waals surface area contributed by atoms with E-state index >= 15 is 0 Å². The third-order valence-corrected chi connectivity index (χ3v) is 2.43. The smallest absolute Gasteiger partial charge is 0.350 e. The van der Waals surface area contributed by atoms with Gasteiger partial charge in [-0.1, -0.05) is 29.8 Å². The first-order valence-electron chi connectivity index (χ1n) is 4.80. The van der Waals surface area contributed by atoms with Crippen molar-refractivity contribution in [1.29, 1.82) is 0 Å². The summed E-state index contributed by atoms with van der Waals surface area (Å²) in [5.41, 5.74) is 2.10. The summed E-state index contributed by atoms with van der Waals surface area (Å²) in [7, 11) is 3.12. The summed E-state index contributed by atoms with van der Waals surface area (Å²) in [6, 6.07) is 7.83. The highest BCUT2D eigenvalue weighted by Crippen LogP contribution is 2.19. The van der Waals surface area contributed by atoms with Gasteiger partial charge in [-0.05, 0) is 18.6 Å². The molecule has 0 fully saturated rings. The monoisotopic (exact) mass is 239 g/mol. The number of carbonyl (C=O) groups is 1. The number of esters is 1. The van der Waals surface area contributed by atoms with E-state index in [-0.39, 0.29) is 5.03 Å². The van der Waals surface area contributed by atoms with Crippen LogP contribution >= 0.6 is 11.6 Å². The minimum absolute atomic E-state index is 0.0493. The number of para-hydroxylation sites is 1. The predicted molar refractivity (Wildman–Crippen MR) is 65.5 cm³/mol. The molecule has 0 atom stereocenters. The highest BCUT2D eigenvalue weighted by Gasteiger charge is 2.08. The number of hydrogen-bond acceptors (Lipinski definition) is 3. The minimum Gasteiger partial charge on any atom is -0.465 e. The normalized spacial score (nSPS) is 11.1. The molecule has 0 saturated heterocycles. The SMILES string of the molecule is COC(=O)/C(Cl)=C/N(C)c1ccccc1C. The van der Waals surface area contributed by atoms with Crippen LogP contribution < -0.4 is 4.90 Å². The number of benzene rings is 1. The summed E-state index contributed by atoms with van der Waals surface area (Å²) in [6.07, 6.45) is 1.54. The molecule has 16 heavy (non-hydrogen) atoms. The number of ether oxygens (including phenoxy) is 1. The van der Waals surface area contributed by atoms with Crippen molar-refractivity contribution in [3.05, 3.63) is 41.1 Å². The topological polar surface area (TPSA) is 29.5 Å². The first-order valence-corrected chi connectivity index (χ1v) is 5.18. The van der Waals surface area contributed by atoms with Crippen LogP contribution in [0.4, 0.5) is 5.69 Å². The van der Waals surface area contributed by atoms with E-state index in [9.17, 15) is 4.79 Å². The zero-order chi connectivity index (χ0) is 12.1. The summed E-state index contributed by atoms with van der Waals surface area (Å²) in [5.74, 6) is -0.540. The lowest BCUT2D eigenvalue weighted by atomic mass is 10.2. The van der Waals surface area contributed by atoms with Gasteiger partial charge in [0.2, 0.25) is 0 Å². The summed E-state index contributed by atoms with van der Waals surface area (Å²) in [5, 5.41) is 0.0493. The molecule has 0 aromatic heterocycles. The maximum atomic E-state index is 11.1. The van der Waals surface area contributed by atoms with Crippen molar-refractivity contribution in [2.45, 2.75) is 6.92 Å². The molecule has 0 unspecified atom stereocenters. The maximum Gasteiger partial charge on any atom is 0.350 e. The molecular formula is C12H14ClNO2. The van der Waals surface area contributed by atoms with Gasteiger partial charge in [0.15, 0.2) is 0 Å². The molecular weight excluding hydrogens is 226 g/mol. The van der Waals surface area contributed by atoms with Gasteiger partial charge in [-0.2, -0.15) is 0 Å². The van der Waals surface area contributed by atoms with E-state index < -0.39 is 5.97 Å². The number of methoxy groups -OCH3 is 1. The third-order valence-electron chi connectivity index (χ3n) is 2.18. The second-order valence-electron chi connectivity index (χ2n) is 3.37. The Hall–Kier alpha value is -1.48. The molecule has 0 amide bonds. The molecule has 0 bridgehead atoms. The minimum atomic E-state index is -0.540. The molecule has 1 rings (SSSR count). The molecule has 0 heterocycles. The summed E-state index contributed by atoms with van der Waals surface area (Å²) in [4.78, 5) is 12.9. The van der Waals surface area contributed by atoms with E-state index in [1.165, 1.54) is 13.3 Å². The third kappa shape index (κ3) is 3.00. The maximum absolute atomic E-state index is 11.1.